The Labute approximate surface area is 282 Å². The normalized spacial score (nSPS) is 11.7. The number of rotatable bonds is 4. The van der Waals surface area contributed by atoms with E-state index in [4.69, 9.17) is 19.4 Å². The molecule has 8 aromatic carbocycles. The van der Waals surface area contributed by atoms with E-state index in [2.05, 4.69) is 146 Å². The van der Waals surface area contributed by atoms with Crippen LogP contribution in [0.1, 0.15) is 0 Å². The number of benzene rings is 8. The zero-order valence-corrected chi connectivity index (χ0v) is 26.3. The summed E-state index contributed by atoms with van der Waals surface area (Å²) in [6.07, 6.45) is 0. The summed E-state index contributed by atoms with van der Waals surface area (Å²) in [5.74, 6) is 1.84. The molecule has 0 saturated heterocycles. The summed E-state index contributed by atoms with van der Waals surface area (Å²) >= 11 is 0. The van der Waals surface area contributed by atoms with Crippen LogP contribution in [0.2, 0.25) is 0 Å². The molecule has 49 heavy (non-hydrogen) atoms. The summed E-state index contributed by atoms with van der Waals surface area (Å²) in [5, 5.41) is 8.91. The molecule has 0 aliphatic rings. The number of fused-ring (bicyclic) bond motifs is 7. The maximum atomic E-state index is 6.42. The fraction of sp³-hybridized carbons (Fsp3) is 0. The van der Waals surface area contributed by atoms with Crippen molar-refractivity contribution in [1.29, 1.82) is 0 Å². The van der Waals surface area contributed by atoms with E-state index in [0.717, 1.165) is 71.3 Å². The Balaban J connectivity index is 1.34. The van der Waals surface area contributed by atoms with Crippen LogP contribution in [0.5, 0.6) is 0 Å². The van der Waals surface area contributed by atoms with Crippen LogP contribution in [0.25, 0.3) is 99.5 Å². The van der Waals surface area contributed by atoms with Crippen molar-refractivity contribution in [2.45, 2.75) is 0 Å². The fourth-order valence-corrected chi connectivity index (χ4v) is 7.21. The molecule has 228 valence electrons. The monoisotopic (exact) mass is 625 g/mol. The first kappa shape index (κ1) is 27.5. The van der Waals surface area contributed by atoms with Crippen LogP contribution in [-0.4, -0.2) is 15.0 Å². The minimum atomic E-state index is 0.599. The number of hydrogen-bond donors (Lipinski definition) is 0. The van der Waals surface area contributed by atoms with E-state index in [-0.39, 0.29) is 0 Å². The highest BCUT2D eigenvalue weighted by molar-refractivity contribution is 6.16. The van der Waals surface area contributed by atoms with Crippen molar-refractivity contribution in [2.24, 2.45) is 0 Å². The molecule has 4 nitrogen and oxygen atoms in total. The molecule has 10 rings (SSSR count). The molecule has 4 heteroatoms. The summed E-state index contributed by atoms with van der Waals surface area (Å²) in [7, 11) is 0. The Morgan fingerprint density at radius 2 is 1.00 bits per heavy atom. The quantitative estimate of drug-likeness (QED) is 0.183. The molecule has 0 fully saturated rings. The molecule has 0 atom stereocenters. The van der Waals surface area contributed by atoms with Gasteiger partial charge in [-0.1, -0.05) is 133 Å². The summed E-state index contributed by atoms with van der Waals surface area (Å²) in [6, 6.07) is 56.9. The molecule has 0 bridgehead atoms. The highest BCUT2D eigenvalue weighted by Gasteiger charge is 2.23. The zero-order valence-electron chi connectivity index (χ0n) is 26.3. The second-order valence-electron chi connectivity index (χ2n) is 12.4. The van der Waals surface area contributed by atoms with E-state index in [1.54, 1.807) is 0 Å². The molecule has 0 aliphatic heterocycles. The lowest BCUT2D eigenvalue weighted by atomic mass is 9.94. The van der Waals surface area contributed by atoms with E-state index < -0.39 is 0 Å². The average Bonchev–Trinajstić information content (AvgIpc) is 3.56. The minimum absolute atomic E-state index is 0.599. The van der Waals surface area contributed by atoms with Gasteiger partial charge in [0.1, 0.15) is 11.2 Å². The summed E-state index contributed by atoms with van der Waals surface area (Å²) in [6.45, 7) is 0. The van der Waals surface area contributed by atoms with Crippen molar-refractivity contribution < 1.29 is 4.42 Å². The van der Waals surface area contributed by atoms with Crippen molar-refractivity contribution in [3.8, 4) is 45.3 Å². The lowest BCUT2D eigenvalue weighted by Gasteiger charge is -2.15. The van der Waals surface area contributed by atoms with E-state index >= 15 is 0 Å². The van der Waals surface area contributed by atoms with E-state index in [0.29, 0.717) is 17.5 Å². The largest absolute Gasteiger partial charge is 0.456 e. The van der Waals surface area contributed by atoms with Crippen LogP contribution in [0.3, 0.4) is 0 Å². The van der Waals surface area contributed by atoms with Gasteiger partial charge >= 0.3 is 0 Å². The third kappa shape index (κ3) is 4.49. The molecule has 10 aromatic rings. The van der Waals surface area contributed by atoms with Gasteiger partial charge in [0, 0.05) is 27.5 Å². The van der Waals surface area contributed by atoms with Gasteiger partial charge in [0.25, 0.3) is 0 Å². The fourth-order valence-electron chi connectivity index (χ4n) is 7.21. The Bertz CT molecular complexity index is 2890. The first-order valence-corrected chi connectivity index (χ1v) is 16.4. The van der Waals surface area contributed by atoms with E-state index in [9.17, 15) is 0 Å². The highest BCUT2D eigenvalue weighted by atomic mass is 16.3. The first-order valence-electron chi connectivity index (χ1n) is 16.4. The van der Waals surface area contributed by atoms with Gasteiger partial charge in [-0.15, -0.1) is 0 Å². The minimum Gasteiger partial charge on any atom is -0.456 e. The lowest BCUT2D eigenvalue weighted by Crippen LogP contribution is -2.02. The van der Waals surface area contributed by atoms with Gasteiger partial charge < -0.3 is 4.42 Å². The predicted molar refractivity (Wildman–Crippen MR) is 201 cm³/mol. The Hall–Kier alpha value is -6.65. The standard InChI is InChI=1S/C45H27N3O/c1-2-13-29(14-3-1)34-24-25-40-41(37-20-10-11-21-39(37)49-40)42(34)45-47-43(32-23-22-28-12-4-5-15-30(28)26-32)46-44(48-45)38-27-31-16-6-7-17-33(31)35-18-8-9-19-36(35)38/h1-27H. The smallest absolute Gasteiger partial charge is 0.165 e. The zero-order chi connectivity index (χ0) is 32.3. The van der Waals surface area contributed by atoms with Crippen molar-refractivity contribution in [3.63, 3.8) is 0 Å². The highest BCUT2D eigenvalue weighted by Crippen LogP contribution is 2.43. The molecular formula is C45H27N3O. The first-order chi connectivity index (χ1) is 24.3. The van der Waals surface area contributed by atoms with Gasteiger partial charge in [0.15, 0.2) is 17.5 Å². The second-order valence-corrected chi connectivity index (χ2v) is 12.4. The summed E-state index contributed by atoms with van der Waals surface area (Å²) < 4.78 is 6.42. The van der Waals surface area contributed by atoms with Gasteiger partial charge in [-0.3, -0.25) is 0 Å². The van der Waals surface area contributed by atoms with Crippen molar-refractivity contribution in [1.82, 2.24) is 15.0 Å². The number of furan rings is 1. The Morgan fingerprint density at radius 1 is 0.347 bits per heavy atom. The van der Waals surface area contributed by atoms with Crippen LogP contribution < -0.4 is 0 Å². The SMILES string of the molecule is c1ccc(-c2ccc3oc4ccccc4c3c2-c2nc(-c3ccc4ccccc4c3)nc(-c3cc4ccccc4c4ccccc34)n2)cc1. The van der Waals surface area contributed by atoms with Crippen molar-refractivity contribution in [3.05, 3.63) is 164 Å². The van der Waals surface area contributed by atoms with Gasteiger partial charge in [0.2, 0.25) is 0 Å². The maximum absolute atomic E-state index is 6.42. The molecule has 0 saturated carbocycles. The van der Waals surface area contributed by atoms with Crippen LogP contribution in [-0.2, 0) is 0 Å². The molecule has 0 aliphatic carbocycles. The van der Waals surface area contributed by atoms with Crippen molar-refractivity contribution >= 4 is 54.3 Å². The molecule has 0 N–H and O–H groups in total. The lowest BCUT2D eigenvalue weighted by molar-refractivity contribution is 0.669. The van der Waals surface area contributed by atoms with Gasteiger partial charge in [-0.25, -0.2) is 15.0 Å². The maximum Gasteiger partial charge on any atom is 0.165 e. The number of hydrogen-bond acceptors (Lipinski definition) is 4. The molecule has 0 spiro atoms. The Kier molecular flexibility index (Phi) is 6.15. The number of para-hydroxylation sites is 1. The number of nitrogens with zero attached hydrogens (tertiary/aromatic N) is 3. The molecular weight excluding hydrogens is 599 g/mol. The predicted octanol–water partition coefficient (Wildman–Crippen LogP) is 11.9. The Morgan fingerprint density at radius 3 is 1.86 bits per heavy atom. The van der Waals surface area contributed by atoms with Gasteiger partial charge in [0.05, 0.1) is 0 Å². The molecule has 2 aromatic heterocycles. The second kappa shape index (κ2) is 11.0. The molecule has 0 amide bonds. The third-order valence-electron chi connectivity index (χ3n) is 9.50. The van der Waals surface area contributed by atoms with E-state index in [1.165, 1.54) is 10.8 Å². The third-order valence-corrected chi connectivity index (χ3v) is 9.50. The molecule has 0 radical (unpaired) electrons. The topological polar surface area (TPSA) is 51.8 Å². The van der Waals surface area contributed by atoms with E-state index in [1.807, 2.05) is 18.2 Å². The average molecular weight is 626 g/mol. The van der Waals surface area contributed by atoms with Crippen LogP contribution in [0, 0.1) is 0 Å². The van der Waals surface area contributed by atoms with Crippen molar-refractivity contribution in [2.75, 3.05) is 0 Å². The van der Waals surface area contributed by atoms with Gasteiger partial charge in [-0.2, -0.15) is 0 Å². The number of aromatic nitrogens is 3. The van der Waals surface area contributed by atoms with Gasteiger partial charge in [-0.05, 0) is 73.8 Å². The summed E-state index contributed by atoms with van der Waals surface area (Å²) in [5.41, 5.74) is 6.54. The van der Waals surface area contributed by atoms with Crippen LogP contribution >= 0.6 is 0 Å². The van der Waals surface area contributed by atoms with Crippen LogP contribution in [0.15, 0.2) is 168 Å². The van der Waals surface area contributed by atoms with Crippen LogP contribution in [0.4, 0.5) is 0 Å². The molecule has 0 unspecified atom stereocenters. The summed E-state index contributed by atoms with van der Waals surface area (Å²) in [4.78, 5) is 15.9. The molecule has 2 heterocycles.